The van der Waals surface area contributed by atoms with Crippen LogP contribution in [0, 0.1) is 10.1 Å². The van der Waals surface area contributed by atoms with Gasteiger partial charge in [0.05, 0.1) is 24.0 Å². The minimum atomic E-state index is -0.519. The molecule has 0 aromatic heterocycles. The van der Waals surface area contributed by atoms with Gasteiger partial charge in [0.2, 0.25) is 6.20 Å². The molecule has 0 aliphatic rings. The van der Waals surface area contributed by atoms with Crippen LogP contribution in [0.3, 0.4) is 0 Å². The molecule has 0 spiro atoms. The van der Waals surface area contributed by atoms with E-state index in [0.717, 1.165) is 11.1 Å². The summed E-state index contributed by atoms with van der Waals surface area (Å²) in [6.45, 7) is 0. The molecule has 0 fully saturated rings. The quantitative estimate of drug-likeness (QED) is 0.460. The SMILES string of the molecule is COc1c(C=C[N+](=O)[O-])ccc(SC)c1OC. The van der Waals surface area contributed by atoms with Crippen LogP contribution in [0.4, 0.5) is 0 Å². The lowest BCUT2D eigenvalue weighted by molar-refractivity contribution is -0.400. The fourth-order valence-electron chi connectivity index (χ4n) is 1.40. The third-order valence-electron chi connectivity index (χ3n) is 2.11. The van der Waals surface area contributed by atoms with Crippen LogP contribution in [0.15, 0.2) is 23.2 Å². The zero-order valence-corrected chi connectivity index (χ0v) is 10.6. The number of rotatable bonds is 5. The van der Waals surface area contributed by atoms with Crippen molar-refractivity contribution in [3.05, 3.63) is 34.0 Å². The van der Waals surface area contributed by atoms with E-state index < -0.39 is 4.92 Å². The minimum Gasteiger partial charge on any atom is -0.492 e. The van der Waals surface area contributed by atoms with Crippen LogP contribution in [-0.4, -0.2) is 25.4 Å². The second-order valence-corrected chi connectivity index (χ2v) is 3.87. The Kier molecular flexibility index (Phi) is 4.84. The summed E-state index contributed by atoms with van der Waals surface area (Å²) in [5.74, 6) is 1.09. The number of hydrogen-bond acceptors (Lipinski definition) is 5. The number of nitrogens with zero attached hydrogens (tertiary/aromatic N) is 1. The lowest BCUT2D eigenvalue weighted by atomic mass is 10.2. The molecule has 0 atom stereocenters. The van der Waals surface area contributed by atoms with Crippen molar-refractivity contribution < 1.29 is 14.4 Å². The largest absolute Gasteiger partial charge is 0.492 e. The maximum Gasteiger partial charge on any atom is 0.235 e. The molecule has 0 N–H and O–H groups in total. The van der Waals surface area contributed by atoms with E-state index in [4.69, 9.17) is 9.47 Å². The summed E-state index contributed by atoms with van der Waals surface area (Å²) in [7, 11) is 3.05. The third-order valence-corrected chi connectivity index (χ3v) is 2.87. The molecule has 0 aliphatic carbocycles. The summed E-state index contributed by atoms with van der Waals surface area (Å²) >= 11 is 1.52. The Morgan fingerprint density at radius 3 is 2.41 bits per heavy atom. The third kappa shape index (κ3) is 3.13. The first-order chi connectivity index (χ1) is 8.13. The Hall–Kier alpha value is -1.69. The number of methoxy groups -OCH3 is 2. The van der Waals surface area contributed by atoms with Crippen molar-refractivity contribution in [2.45, 2.75) is 4.90 Å². The molecule has 0 radical (unpaired) electrons. The molecule has 0 bridgehead atoms. The van der Waals surface area contributed by atoms with Gasteiger partial charge in [0, 0.05) is 11.6 Å². The molecule has 0 aliphatic heterocycles. The van der Waals surface area contributed by atoms with E-state index in [1.54, 1.807) is 13.2 Å². The average molecular weight is 255 g/mol. The predicted octanol–water partition coefficient (Wildman–Crippen LogP) is 2.67. The summed E-state index contributed by atoms with van der Waals surface area (Å²) in [4.78, 5) is 10.7. The van der Waals surface area contributed by atoms with Gasteiger partial charge in [-0.3, -0.25) is 10.1 Å². The molecular weight excluding hydrogens is 242 g/mol. The molecule has 0 amide bonds. The number of ether oxygens (including phenoxy) is 2. The van der Waals surface area contributed by atoms with Crippen molar-refractivity contribution in [3.63, 3.8) is 0 Å². The first-order valence-corrected chi connectivity index (χ1v) is 5.97. The zero-order chi connectivity index (χ0) is 12.8. The van der Waals surface area contributed by atoms with Gasteiger partial charge in [-0.15, -0.1) is 11.8 Å². The van der Waals surface area contributed by atoms with Crippen molar-refractivity contribution in [2.24, 2.45) is 0 Å². The van der Waals surface area contributed by atoms with Crippen LogP contribution < -0.4 is 9.47 Å². The molecule has 17 heavy (non-hydrogen) atoms. The van der Waals surface area contributed by atoms with E-state index in [-0.39, 0.29) is 0 Å². The van der Waals surface area contributed by atoms with Crippen molar-refractivity contribution in [3.8, 4) is 11.5 Å². The molecule has 1 aromatic rings. The molecule has 1 rings (SSSR count). The van der Waals surface area contributed by atoms with Crippen LogP contribution in [0.1, 0.15) is 5.56 Å². The molecule has 92 valence electrons. The highest BCUT2D eigenvalue weighted by Gasteiger charge is 2.13. The maximum atomic E-state index is 10.3. The second kappa shape index (κ2) is 6.15. The van der Waals surface area contributed by atoms with Crippen LogP contribution in [-0.2, 0) is 0 Å². The highest BCUT2D eigenvalue weighted by molar-refractivity contribution is 7.98. The van der Waals surface area contributed by atoms with Crippen LogP contribution >= 0.6 is 11.8 Å². The number of thioether (sulfide) groups is 1. The Bertz CT molecular complexity index is 445. The van der Waals surface area contributed by atoms with Gasteiger partial charge in [0.15, 0.2) is 11.5 Å². The molecule has 0 saturated carbocycles. The minimum absolute atomic E-state index is 0.498. The van der Waals surface area contributed by atoms with Crippen LogP contribution in [0.25, 0.3) is 6.08 Å². The molecule has 1 aromatic carbocycles. The number of hydrogen-bond donors (Lipinski definition) is 0. The van der Waals surface area contributed by atoms with Gasteiger partial charge in [0.25, 0.3) is 0 Å². The summed E-state index contributed by atoms with van der Waals surface area (Å²) in [6.07, 6.45) is 4.17. The fourth-order valence-corrected chi connectivity index (χ4v) is 1.96. The van der Waals surface area contributed by atoms with Gasteiger partial charge in [0.1, 0.15) is 0 Å². The number of benzene rings is 1. The molecule has 6 heteroatoms. The first kappa shape index (κ1) is 13.4. The smallest absolute Gasteiger partial charge is 0.235 e. The predicted molar refractivity (Wildman–Crippen MR) is 67.4 cm³/mol. The number of nitro groups is 1. The Balaban J connectivity index is 3.28. The van der Waals surface area contributed by atoms with Gasteiger partial charge in [-0.25, -0.2) is 0 Å². The van der Waals surface area contributed by atoms with Gasteiger partial charge >= 0.3 is 0 Å². The zero-order valence-electron chi connectivity index (χ0n) is 9.80. The normalized spacial score (nSPS) is 10.5. The second-order valence-electron chi connectivity index (χ2n) is 3.02. The van der Waals surface area contributed by atoms with Gasteiger partial charge in [-0.1, -0.05) is 0 Å². The molecule has 0 unspecified atom stereocenters. The summed E-state index contributed by atoms with van der Waals surface area (Å²) in [6, 6.07) is 3.60. The molecule has 5 nitrogen and oxygen atoms in total. The highest BCUT2D eigenvalue weighted by Crippen LogP contribution is 2.39. The molecule has 0 saturated heterocycles. The maximum absolute atomic E-state index is 10.3. The fraction of sp³-hybridized carbons (Fsp3) is 0.273. The lowest BCUT2D eigenvalue weighted by Gasteiger charge is -2.13. The van der Waals surface area contributed by atoms with E-state index in [0.29, 0.717) is 17.1 Å². The molecular formula is C11H13NO4S. The van der Waals surface area contributed by atoms with E-state index in [1.165, 1.54) is 24.9 Å². The van der Waals surface area contributed by atoms with Crippen molar-refractivity contribution in [1.29, 1.82) is 0 Å². The van der Waals surface area contributed by atoms with E-state index in [1.807, 2.05) is 12.3 Å². The topological polar surface area (TPSA) is 61.6 Å². The van der Waals surface area contributed by atoms with Gasteiger partial charge in [-0.05, 0) is 18.4 Å². The van der Waals surface area contributed by atoms with E-state index in [2.05, 4.69) is 0 Å². The molecule has 0 heterocycles. The van der Waals surface area contributed by atoms with E-state index >= 15 is 0 Å². The Morgan fingerprint density at radius 1 is 1.29 bits per heavy atom. The first-order valence-electron chi connectivity index (χ1n) is 4.74. The Morgan fingerprint density at radius 2 is 1.94 bits per heavy atom. The van der Waals surface area contributed by atoms with Gasteiger partial charge < -0.3 is 9.47 Å². The van der Waals surface area contributed by atoms with Crippen molar-refractivity contribution in [1.82, 2.24) is 0 Å². The summed E-state index contributed by atoms with van der Waals surface area (Å²) < 4.78 is 10.5. The monoisotopic (exact) mass is 255 g/mol. The standard InChI is InChI=1S/C11H13NO4S/c1-15-10-8(6-7-12(13)14)4-5-9(17-3)11(10)16-2/h4-7H,1-3H3. The van der Waals surface area contributed by atoms with Crippen LogP contribution in [0.2, 0.25) is 0 Å². The Labute approximate surface area is 104 Å². The summed E-state index contributed by atoms with van der Waals surface area (Å²) in [5, 5.41) is 10.3. The highest BCUT2D eigenvalue weighted by atomic mass is 32.2. The van der Waals surface area contributed by atoms with E-state index in [9.17, 15) is 10.1 Å². The van der Waals surface area contributed by atoms with Crippen molar-refractivity contribution >= 4 is 17.8 Å². The van der Waals surface area contributed by atoms with Gasteiger partial charge in [-0.2, -0.15) is 0 Å². The van der Waals surface area contributed by atoms with Crippen LogP contribution in [0.5, 0.6) is 11.5 Å². The average Bonchev–Trinajstić information content (AvgIpc) is 2.34. The van der Waals surface area contributed by atoms with Crippen molar-refractivity contribution in [2.75, 3.05) is 20.5 Å². The lowest BCUT2D eigenvalue weighted by Crippen LogP contribution is -1.95. The summed E-state index contributed by atoms with van der Waals surface area (Å²) in [5.41, 5.74) is 0.610.